The fourth-order valence-corrected chi connectivity index (χ4v) is 4.09. The van der Waals surface area contributed by atoms with Crippen molar-refractivity contribution in [3.8, 4) is 11.6 Å². The highest BCUT2D eigenvalue weighted by Gasteiger charge is 2.29. The Balaban J connectivity index is 1.40. The van der Waals surface area contributed by atoms with E-state index < -0.39 is 0 Å². The minimum absolute atomic E-state index is 0.0456. The van der Waals surface area contributed by atoms with Crippen molar-refractivity contribution < 1.29 is 9.53 Å². The number of nitrogens with two attached hydrogens (primary N) is 1. The highest BCUT2D eigenvalue weighted by Crippen LogP contribution is 2.33. The molecule has 4 N–H and O–H groups in total. The number of aryl methyl sites for hydroxylation is 1. The van der Waals surface area contributed by atoms with Gasteiger partial charge in [-0.15, -0.1) is 0 Å². The summed E-state index contributed by atoms with van der Waals surface area (Å²) < 4.78 is 5.96. The molecule has 1 saturated carbocycles. The quantitative estimate of drug-likeness (QED) is 0.616. The topological polar surface area (TPSA) is 106 Å². The van der Waals surface area contributed by atoms with E-state index in [4.69, 9.17) is 10.5 Å². The lowest BCUT2D eigenvalue weighted by molar-refractivity contribution is 0.0937. The molecule has 2 heterocycles. The van der Waals surface area contributed by atoms with Crippen molar-refractivity contribution in [2.75, 3.05) is 0 Å². The number of carbonyl (C=O) groups excluding carboxylic acids is 1. The summed E-state index contributed by atoms with van der Waals surface area (Å²) in [5, 5.41) is 3.06. The molecule has 2 aromatic heterocycles. The maximum atomic E-state index is 12.7. The Morgan fingerprint density at radius 1 is 1.34 bits per heavy atom. The van der Waals surface area contributed by atoms with Gasteiger partial charge < -0.3 is 20.8 Å². The normalized spacial score (nSPS) is 19.6. The third kappa shape index (κ3) is 3.58. The molecule has 29 heavy (non-hydrogen) atoms. The largest absolute Gasteiger partial charge is 0.437 e. The second kappa shape index (κ2) is 7.15. The summed E-state index contributed by atoms with van der Waals surface area (Å²) in [5.74, 6) is 1.48. The van der Waals surface area contributed by atoms with Gasteiger partial charge in [0.15, 0.2) is 5.65 Å². The van der Waals surface area contributed by atoms with E-state index in [1.807, 2.05) is 19.1 Å². The van der Waals surface area contributed by atoms with E-state index in [0.717, 1.165) is 24.8 Å². The highest BCUT2D eigenvalue weighted by molar-refractivity contribution is 6.04. The SMILES string of the molecule is C[C@@H](NC(=O)c1c[nH]c2ncc(Oc3ccc4c(c3)[C@H](N)CCC4)nc12)C1CC1. The number of fused-ring (bicyclic) bond motifs is 2. The first-order valence-electron chi connectivity index (χ1n) is 10.3. The van der Waals surface area contributed by atoms with E-state index >= 15 is 0 Å². The van der Waals surface area contributed by atoms with Gasteiger partial charge in [0.1, 0.15) is 11.3 Å². The molecule has 150 valence electrons. The van der Waals surface area contributed by atoms with Crippen LogP contribution in [0.5, 0.6) is 11.6 Å². The molecular weight excluding hydrogens is 366 g/mol. The van der Waals surface area contributed by atoms with E-state index in [1.165, 1.54) is 18.4 Å². The maximum absolute atomic E-state index is 12.7. The molecule has 1 amide bonds. The van der Waals surface area contributed by atoms with Crippen LogP contribution in [0.4, 0.5) is 0 Å². The number of rotatable bonds is 5. The van der Waals surface area contributed by atoms with Gasteiger partial charge >= 0.3 is 0 Å². The summed E-state index contributed by atoms with van der Waals surface area (Å²) in [5.41, 5.74) is 10.2. The summed E-state index contributed by atoms with van der Waals surface area (Å²) in [6.07, 6.45) is 8.73. The highest BCUT2D eigenvalue weighted by atomic mass is 16.5. The second-order valence-electron chi connectivity index (χ2n) is 8.17. The minimum Gasteiger partial charge on any atom is -0.437 e. The monoisotopic (exact) mass is 391 g/mol. The fraction of sp³-hybridized carbons (Fsp3) is 0.409. The molecule has 0 radical (unpaired) electrons. The van der Waals surface area contributed by atoms with Crippen LogP contribution in [-0.2, 0) is 6.42 Å². The Hall–Kier alpha value is -2.93. The molecule has 1 aromatic carbocycles. The maximum Gasteiger partial charge on any atom is 0.255 e. The Morgan fingerprint density at radius 3 is 3.03 bits per heavy atom. The molecule has 3 aromatic rings. The predicted octanol–water partition coefficient (Wildman–Crippen LogP) is 3.61. The minimum atomic E-state index is -0.137. The molecule has 2 atom stereocenters. The number of H-pyrrole nitrogens is 1. The van der Waals surface area contributed by atoms with Gasteiger partial charge in [0.25, 0.3) is 5.91 Å². The van der Waals surface area contributed by atoms with Gasteiger partial charge in [-0.3, -0.25) is 4.79 Å². The summed E-state index contributed by atoms with van der Waals surface area (Å²) in [7, 11) is 0. The van der Waals surface area contributed by atoms with Crippen molar-refractivity contribution in [1.29, 1.82) is 0 Å². The standard InChI is InChI=1S/C22H25N5O2/c1-12(13-5-6-13)26-22(28)17-10-24-21-20(17)27-19(11-25-21)29-15-8-7-14-3-2-4-18(23)16(14)9-15/h7-13,18H,2-6,23H2,1H3,(H,24,25)(H,26,28)/t12-,18-/m1/s1. The summed E-state index contributed by atoms with van der Waals surface area (Å²) in [6, 6.07) is 6.21. The average molecular weight is 391 g/mol. The average Bonchev–Trinajstić information content (AvgIpc) is 3.48. The number of amides is 1. The van der Waals surface area contributed by atoms with Gasteiger partial charge in [-0.25, -0.2) is 9.97 Å². The van der Waals surface area contributed by atoms with Crippen LogP contribution >= 0.6 is 0 Å². The third-order valence-electron chi connectivity index (χ3n) is 5.99. The van der Waals surface area contributed by atoms with E-state index in [2.05, 4.69) is 26.3 Å². The van der Waals surface area contributed by atoms with E-state index in [-0.39, 0.29) is 18.0 Å². The first kappa shape index (κ1) is 18.1. The molecule has 2 aliphatic rings. The number of nitrogens with zero attached hydrogens (tertiary/aromatic N) is 2. The van der Waals surface area contributed by atoms with Crippen molar-refractivity contribution in [2.45, 2.75) is 51.1 Å². The number of benzene rings is 1. The van der Waals surface area contributed by atoms with Gasteiger partial charge in [-0.2, -0.15) is 0 Å². The number of ether oxygens (including phenoxy) is 1. The van der Waals surface area contributed by atoms with Gasteiger partial charge in [0, 0.05) is 18.3 Å². The van der Waals surface area contributed by atoms with E-state index in [0.29, 0.717) is 34.3 Å². The van der Waals surface area contributed by atoms with Gasteiger partial charge in [0.05, 0.1) is 11.8 Å². The van der Waals surface area contributed by atoms with Gasteiger partial charge in [-0.1, -0.05) is 6.07 Å². The fourth-order valence-electron chi connectivity index (χ4n) is 4.09. The van der Waals surface area contributed by atoms with Crippen LogP contribution in [0.15, 0.2) is 30.6 Å². The number of hydrogen-bond donors (Lipinski definition) is 3. The summed E-state index contributed by atoms with van der Waals surface area (Å²) in [4.78, 5) is 24.6. The zero-order chi connectivity index (χ0) is 20.0. The lowest BCUT2D eigenvalue weighted by Gasteiger charge is -2.22. The van der Waals surface area contributed by atoms with Crippen LogP contribution in [0.25, 0.3) is 11.2 Å². The van der Waals surface area contributed by atoms with Crippen LogP contribution in [0.1, 0.15) is 60.1 Å². The number of hydrogen-bond acceptors (Lipinski definition) is 5. The Bertz CT molecular complexity index is 1070. The number of nitrogens with one attached hydrogen (secondary N) is 2. The van der Waals surface area contributed by atoms with Crippen molar-refractivity contribution in [3.05, 3.63) is 47.3 Å². The van der Waals surface area contributed by atoms with Gasteiger partial charge in [0.2, 0.25) is 5.88 Å². The smallest absolute Gasteiger partial charge is 0.255 e. The van der Waals surface area contributed by atoms with Crippen LogP contribution < -0.4 is 15.8 Å². The lowest BCUT2D eigenvalue weighted by Crippen LogP contribution is -2.33. The molecule has 0 aliphatic heterocycles. The van der Waals surface area contributed by atoms with Crippen LogP contribution in [0, 0.1) is 5.92 Å². The number of aromatic amines is 1. The summed E-state index contributed by atoms with van der Waals surface area (Å²) in [6.45, 7) is 2.05. The molecule has 0 unspecified atom stereocenters. The van der Waals surface area contributed by atoms with E-state index in [1.54, 1.807) is 12.4 Å². The molecule has 0 spiro atoms. The van der Waals surface area contributed by atoms with Crippen molar-refractivity contribution in [1.82, 2.24) is 20.3 Å². The molecular formula is C22H25N5O2. The molecule has 0 saturated heterocycles. The first-order chi connectivity index (χ1) is 14.1. The predicted molar refractivity (Wildman–Crippen MR) is 110 cm³/mol. The van der Waals surface area contributed by atoms with Crippen molar-refractivity contribution >= 4 is 17.1 Å². The second-order valence-corrected chi connectivity index (χ2v) is 8.17. The first-order valence-corrected chi connectivity index (χ1v) is 10.3. The lowest BCUT2D eigenvalue weighted by atomic mass is 9.88. The third-order valence-corrected chi connectivity index (χ3v) is 5.99. The molecule has 5 rings (SSSR count). The molecule has 7 heteroatoms. The van der Waals surface area contributed by atoms with Crippen LogP contribution in [0.2, 0.25) is 0 Å². The Labute approximate surface area is 169 Å². The molecule has 7 nitrogen and oxygen atoms in total. The Kier molecular flexibility index (Phi) is 4.47. The van der Waals surface area contributed by atoms with E-state index in [9.17, 15) is 4.79 Å². The summed E-state index contributed by atoms with van der Waals surface area (Å²) >= 11 is 0. The van der Waals surface area contributed by atoms with Gasteiger partial charge in [-0.05, 0) is 68.2 Å². The Morgan fingerprint density at radius 2 is 2.21 bits per heavy atom. The molecule has 0 bridgehead atoms. The van der Waals surface area contributed by atoms with Crippen molar-refractivity contribution in [2.24, 2.45) is 11.7 Å². The molecule has 2 aliphatic carbocycles. The zero-order valence-electron chi connectivity index (χ0n) is 16.4. The van der Waals surface area contributed by atoms with Crippen molar-refractivity contribution in [3.63, 3.8) is 0 Å². The zero-order valence-corrected chi connectivity index (χ0v) is 16.4. The number of carbonyl (C=O) groups is 1. The van der Waals surface area contributed by atoms with Crippen LogP contribution in [0.3, 0.4) is 0 Å². The molecule has 1 fully saturated rings. The van der Waals surface area contributed by atoms with Crippen LogP contribution in [-0.4, -0.2) is 26.9 Å². The number of aromatic nitrogens is 3.